The number of aliphatic carboxylic acids is 2. The van der Waals surface area contributed by atoms with Gasteiger partial charge in [0.1, 0.15) is 66.5 Å². The fourth-order valence-corrected chi connectivity index (χ4v) is 15.4. The number of fused-ring (bicyclic) bond motifs is 2. The molecule has 3 fully saturated rings. The molecule has 0 aliphatic carbocycles. The van der Waals surface area contributed by atoms with Crippen molar-refractivity contribution in [1.29, 1.82) is 5.41 Å². The number of likely N-dealkylation sites (tertiary alicyclic amines) is 2. The van der Waals surface area contributed by atoms with Gasteiger partial charge in [-0.3, -0.25) is 77.3 Å². The van der Waals surface area contributed by atoms with Crippen LogP contribution in [0.4, 0.5) is 0 Å². The SMILES string of the molecule is CC(=O)NC1CSSC[C@H](C(=O)N2CCC[C@H]2C(=O)N2CCC[C@H]2C(=O)N[C@@H](CCCCN)C(=O)N[C@H](CC(=O)O)C(N)=O)NC(=O)CNC(=O)[C@H](Cc2c[nH]c3ccccc23)NC(=O)[C@H](CCCNC(=N)N)NC(=O)C(Cc2ccc3ccccc3c2)NC(=O)[C@H](Cc2c[nH]cn2)NC(=O)C(CCC(=O)O)NC1=O. The van der Waals surface area contributed by atoms with E-state index in [1.54, 1.807) is 54.7 Å². The fraction of sp³-hybridized carbons (Fsp3) is 0.479. The van der Waals surface area contributed by atoms with Crippen LogP contribution >= 0.6 is 21.6 Å². The quantitative estimate of drug-likeness (QED) is 0.0109. The van der Waals surface area contributed by atoms with E-state index >= 15 is 19.2 Å². The predicted octanol–water partition coefficient (Wildman–Crippen LogP) is -2.83. The molecule has 5 aromatic rings. The molecule has 3 aliphatic rings. The molecule has 22 N–H and O–H groups in total. The Balaban J connectivity index is 1.13. The first-order chi connectivity index (χ1) is 52.7. The molecule has 11 atom stereocenters. The number of nitrogens with zero attached hydrogens (tertiary/aromatic N) is 3. The molecule has 8 rings (SSSR count). The third-order valence-corrected chi connectivity index (χ3v) is 21.1. The number of guanidine groups is 1. The first kappa shape index (κ1) is 84.3. The van der Waals surface area contributed by atoms with Crippen LogP contribution in [0.15, 0.2) is 85.5 Å². The van der Waals surface area contributed by atoms with Crippen molar-refractivity contribution in [2.45, 2.75) is 170 Å². The number of imidazole rings is 1. The summed E-state index contributed by atoms with van der Waals surface area (Å²) < 4.78 is 0. The summed E-state index contributed by atoms with van der Waals surface area (Å²) >= 11 is 0. The molecule has 592 valence electrons. The van der Waals surface area contributed by atoms with Crippen LogP contribution in [0.1, 0.15) is 101 Å². The Morgan fingerprint density at radius 2 is 1.28 bits per heavy atom. The van der Waals surface area contributed by atoms with E-state index in [0.29, 0.717) is 41.3 Å². The number of hydrogen-bond donors (Lipinski definition) is 19. The number of aromatic amines is 2. The summed E-state index contributed by atoms with van der Waals surface area (Å²) in [5.74, 6) is -15.6. The van der Waals surface area contributed by atoms with Crippen molar-refractivity contribution >= 4 is 138 Å². The Labute approximate surface area is 639 Å². The van der Waals surface area contributed by atoms with Gasteiger partial charge in [-0.2, -0.15) is 0 Å². The minimum absolute atomic E-state index is 0.000714. The van der Waals surface area contributed by atoms with Crippen molar-refractivity contribution in [3.63, 3.8) is 0 Å². The van der Waals surface area contributed by atoms with Gasteiger partial charge in [-0.05, 0) is 98.7 Å². The Bertz CT molecular complexity index is 4180. The maximum atomic E-state index is 15.2. The minimum atomic E-state index is -1.71. The topological polar surface area (TPSA) is 582 Å². The molecular weight excluding hydrogens is 1470 g/mol. The van der Waals surface area contributed by atoms with Crippen molar-refractivity contribution in [3.8, 4) is 0 Å². The van der Waals surface area contributed by atoms with E-state index in [0.717, 1.165) is 39.3 Å². The molecule has 37 nitrogen and oxygen atoms in total. The number of carboxylic acid groups (broad SMARTS) is 2. The van der Waals surface area contributed by atoms with E-state index in [2.05, 4.69) is 73.4 Å². The number of amides is 13. The summed E-state index contributed by atoms with van der Waals surface area (Å²) in [6, 6.07) is 3.43. The maximum Gasteiger partial charge on any atom is 0.305 e. The van der Waals surface area contributed by atoms with Gasteiger partial charge in [0.05, 0.1) is 25.0 Å². The number of para-hydroxylation sites is 1. The molecule has 0 bridgehead atoms. The van der Waals surface area contributed by atoms with Crippen LogP contribution in [0, 0.1) is 5.41 Å². The van der Waals surface area contributed by atoms with E-state index < -0.39 is 187 Å². The number of carbonyl (C=O) groups excluding carboxylic acids is 13. The highest BCUT2D eigenvalue weighted by molar-refractivity contribution is 8.76. The van der Waals surface area contributed by atoms with Crippen molar-refractivity contribution in [2.75, 3.05) is 44.2 Å². The van der Waals surface area contributed by atoms with Crippen molar-refractivity contribution in [2.24, 2.45) is 17.2 Å². The van der Waals surface area contributed by atoms with Gasteiger partial charge in [-0.25, -0.2) is 4.98 Å². The number of unbranched alkanes of at least 4 members (excludes halogenated alkanes) is 1. The second-order valence-corrected chi connectivity index (χ2v) is 29.4. The Morgan fingerprint density at radius 1 is 0.655 bits per heavy atom. The number of carboxylic acids is 2. The molecule has 0 saturated carbocycles. The zero-order valence-corrected chi connectivity index (χ0v) is 62.0. The molecule has 110 heavy (non-hydrogen) atoms. The summed E-state index contributed by atoms with van der Waals surface area (Å²) in [6.45, 7) is 0.521. The highest BCUT2D eigenvalue weighted by atomic mass is 33.1. The normalized spacial score (nSPS) is 22.2. The van der Waals surface area contributed by atoms with Gasteiger partial charge >= 0.3 is 11.9 Å². The van der Waals surface area contributed by atoms with E-state index in [9.17, 15) is 63.0 Å². The number of primary amides is 1. The van der Waals surface area contributed by atoms with E-state index in [1.165, 1.54) is 22.3 Å². The largest absolute Gasteiger partial charge is 0.481 e. The smallest absolute Gasteiger partial charge is 0.305 e. The monoisotopic (exact) mass is 1560 g/mol. The molecule has 3 aromatic carbocycles. The maximum absolute atomic E-state index is 15.2. The number of benzene rings is 3. The Hall–Kier alpha value is -11.4. The molecule has 0 spiro atoms. The second kappa shape index (κ2) is 41.3. The summed E-state index contributed by atoms with van der Waals surface area (Å²) in [5, 5.41) is 58.1. The summed E-state index contributed by atoms with van der Waals surface area (Å²) in [6.07, 6.45) is 2.89. The standard InChI is InChI=1S/C71H94N20O17S2/c1-38(92)81-53-35-109-110-36-54(69(107)91-26-10-18-56(91)70(108)90-25-9-17-55(90)68(106)85-46(15-6-7-23-72)62(100)86-49(60(73)98)31-59(96)97)82-57(93)34-79-61(99)51(29-42-32-78-45-14-5-4-13-44(42)45)88-63(101)47(16-8-24-77-71(74)75)83-65(103)50(28-39-19-20-40-11-2-3-12-41(40)27-39)87-66(104)52(30-43-33-76-37-80-43)89-64(102)48(84-67(53)105)21-22-58(94)95/h2-5,11-14,19-20,27,32-33,37,46-56,78H,6-10,15-18,21-26,28-31,34-36,72H2,1H3,(H2,73,98)(H,76,80)(H,79,99)(H,81,92)(H,82,93)(H,83,103)(H,84,105)(H,85,106)(H,86,100)(H,87,104)(H,88,101)(H,89,102)(H,94,95)(H,96,97)(H4,74,75,77)/t46-,47-,48?,49+,50?,51-,52-,53?,54+,55-,56-/m0/s1. The van der Waals surface area contributed by atoms with Gasteiger partial charge < -0.3 is 106 Å². The zero-order valence-electron chi connectivity index (χ0n) is 60.4. The number of carbonyl (C=O) groups is 15. The lowest BCUT2D eigenvalue weighted by Gasteiger charge is -2.33. The van der Waals surface area contributed by atoms with Gasteiger partial charge in [-0.1, -0.05) is 82.3 Å². The number of nitrogens with two attached hydrogens (primary N) is 3. The number of rotatable bonds is 27. The molecule has 3 unspecified atom stereocenters. The van der Waals surface area contributed by atoms with Gasteiger partial charge in [0, 0.05) is 87.0 Å². The van der Waals surface area contributed by atoms with Crippen molar-refractivity contribution in [3.05, 3.63) is 102 Å². The van der Waals surface area contributed by atoms with E-state index in [-0.39, 0.29) is 101 Å². The Morgan fingerprint density at radius 3 is 1.95 bits per heavy atom. The van der Waals surface area contributed by atoms with Crippen LogP contribution in [0.25, 0.3) is 21.7 Å². The molecule has 0 radical (unpaired) electrons. The van der Waals surface area contributed by atoms with Gasteiger partial charge in [0.15, 0.2) is 5.96 Å². The molecule has 39 heteroatoms. The third kappa shape index (κ3) is 24.8. The van der Waals surface area contributed by atoms with Crippen LogP contribution in [-0.4, -0.2) is 240 Å². The lowest BCUT2D eigenvalue weighted by Crippen LogP contribution is -2.61. The first-order valence-electron chi connectivity index (χ1n) is 36.0. The van der Waals surface area contributed by atoms with Crippen molar-refractivity contribution in [1.82, 2.24) is 83.2 Å². The number of hydrogen-bond acceptors (Lipinski definition) is 20. The van der Waals surface area contributed by atoms with Crippen LogP contribution < -0.4 is 75.7 Å². The third-order valence-electron chi connectivity index (χ3n) is 18.7. The molecule has 2 aromatic heterocycles. The Kier molecular flexibility index (Phi) is 31.6. The van der Waals surface area contributed by atoms with Crippen molar-refractivity contribution < 1.29 is 82.1 Å². The molecule has 3 saturated heterocycles. The summed E-state index contributed by atoms with van der Waals surface area (Å²) in [4.78, 5) is 223. The highest BCUT2D eigenvalue weighted by Gasteiger charge is 2.45. The second-order valence-electron chi connectivity index (χ2n) is 26.9. The molecule has 13 amide bonds. The van der Waals surface area contributed by atoms with Gasteiger partial charge in [0.25, 0.3) is 0 Å². The van der Waals surface area contributed by atoms with Crippen LogP contribution in [0.2, 0.25) is 0 Å². The average molecular weight is 1560 g/mol. The van der Waals surface area contributed by atoms with E-state index in [4.69, 9.17) is 22.6 Å². The summed E-state index contributed by atoms with van der Waals surface area (Å²) in [7, 11) is 1.84. The first-order valence-corrected chi connectivity index (χ1v) is 38.5. The van der Waals surface area contributed by atoms with Crippen LogP contribution in [0.3, 0.4) is 0 Å². The highest BCUT2D eigenvalue weighted by Crippen LogP contribution is 2.29. The number of H-pyrrole nitrogens is 2. The summed E-state index contributed by atoms with van der Waals surface area (Å²) in [5.41, 5.74) is 18.7. The molecule has 3 aliphatic heterocycles. The number of aromatic nitrogens is 3. The van der Waals surface area contributed by atoms with Crippen LogP contribution in [0.5, 0.6) is 0 Å². The van der Waals surface area contributed by atoms with Crippen LogP contribution in [-0.2, 0) is 91.2 Å². The average Bonchev–Trinajstić information content (AvgIpc) is 1.61. The van der Waals surface area contributed by atoms with Gasteiger partial charge in [0.2, 0.25) is 76.8 Å². The fourth-order valence-electron chi connectivity index (χ4n) is 13.1. The number of nitrogens with one attached hydrogen (secondary N) is 14. The van der Waals surface area contributed by atoms with Gasteiger partial charge in [-0.15, -0.1) is 0 Å². The minimum Gasteiger partial charge on any atom is -0.481 e. The molecular formula is C71H94N20O17S2. The van der Waals surface area contributed by atoms with E-state index in [1.807, 2.05) is 18.2 Å². The lowest BCUT2D eigenvalue weighted by molar-refractivity contribution is -0.148. The predicted molar refractivity (Wildman–Crippen MR) is 403 cm³/mol. The lowest BCUT2D eigenvalue weighted by atomic mass is 9.99. The zero-order chi connectivity index (χ0) is 79.6. The molecule has 5 heterocycles.